The van der Waals surface area contributed by atoms with Crippen molar-refractivity contribution in [2.75, 3.05) is 5.32 Å². The molecule has 0 unspecified atom stereocenters. The maximum atomic E-state index is 14.3. The number of carbonyl (C=O) groups is 6. The molecule has 0 spiro atoms. The molecule has 0 aliphatic carbocycles. The van der Waals surface area contributed by atoms with Crippen LogP contribution in [0.5, 0.6) is 0 Å². The Hall–Kier alpha value is -6.54. The van der Waals surface area contributed by atoms with Crippen molar-refractivity contribution < 1.29 is 38.3 Å². The van der Waals surface area contributed by atoms with Crippen LogP contribution in [-0.4, -0.2) is 64.8 Å². The van der Waals surface area contributed by atoms with E-state index in [1.807, 2.05) is 72.1 Å². The number of benzene rings is 3. The summed E-state index contributed by atoms with van der Waals surface area (Å²) in [7, 11) is 0. The number of furan rings is 1. The average Bonchev–Trinajstić information content (AvgIpc) is 3.92. The summed E-state index contributed by atoms with van der Waals surface area (Å²) >= 11 is 1.40. The molecule has 2 bridgehead atoms. The van der Waals surface area contributed by atoms with Gasteiger partial charge in [-0.1, -0.05) is 72.8 Å². The van der Waals surface area contributed by atoms with Gasteiger partial charge >= 0.3 is 5.97 Å². The predicted octanol–water partition coefficient (Wildman–Crippen LogP) is 4.03. The van der Waals surface area contributed by atoms with Crippen LogP contribution in [0.3, 0.4) is 0 Å². The fourth-order valence-electron chi connectivity index (χ4n) is 6.28. The second kappa shape index (κ2) is 18.7. The summed E-state index contributed by atoms with van der Waals surface area (Å²) in [4.78, 5) is 81.4. The lowest BCUT2D eigenvalue weighted by atomic mass is 9.99. The molecule has 2 aliphatic heterocycles. The second-order valence-electron chi connectivity index (χ2n) is 13.4. The summed E-state index contributed by atoms with van der Waals surface area (Å²) in [5, 5.41) is 25.5. The van der Waals surface area contributed by atoms with Crippen molar-refractivity contribution in [1.29, 1.82) is 0 Å². The third kappa shape index (κ3) is 11.0. The zero-order valence-electron chi connectivity index (χ0n) is 30.2. The van der Waals surface area contributed by atoms with Crippen molar-refractivity contribution in [2.24, 2.45) is 0 Å². The molecule has 14 heteroatoms. The number of hydrogen-bond acceptors (Lipinski definition) is 8. The molecule has 13 nitrogen and oxygen atoms in total. The molecule has 0 saturated carbocycles. The lowest BCUT2D eigenvalue weighted by Crippen LogP contribution is -2.59. The minimum absolute atomic E-state index is 0.00907. The number of fused-ring (bicyclic) bond motifs is 18. The minimum Gasteiger partial charge on any atom is -0.480 e. The molecule has 288 valence electrons. The highest BCUT2D eigenvalue weighted by Gasteiger charge is 2.32. The lowest BCUT2D eigenvalue weighted by molar-refractivity contribution is -0.142. The van der Waals surface area contributed by atoms with Crippen LogP contribution in [0.1, 0.15) is 34.6 Å². The number of amides is 5. The van der Waals surface area contributed by atoms with Gasteiger partial charge in [-0.2, -0.15) is 0 Å². The number of carbonyl (C=O) groups excluding carboxylic acids is 5. The maximum absolute atomic E-state index is 14.3. The Morgan fingerprint density at radius 3 is 1.93 bits per heavy atom. The topological polar surface area (TPSA) is 196 Å². The normalized spacial score (nSPS) is 20.1. The average molecular weight is 776 g/mol. The molecular weight excluding hydrogens is 735 g/mol. The van der Waals surface area contributed by atoms with Crippen LogP contribution in [0.2, 0.25) is 0 Å². The van der Waals surface area contributed by atoms with Gasteiger partial charge in [-0.05, 0) is 58.0 Å². The van der Waals surface area contributed by atoms with Crippen LogP contribution in [0.4, 0.5) is 5.69 Å². The third-order valence-corrected chi connectivity index (χ3v) is 10.2. The molecule has 5 aromatic rings. The van der Waals surface area contributed by atoms with Crippen LogP contribution in [0.25, 0.3) is 11.1 Å². The first kappa shape index (κ1) is 39.2. The Balaban J connectivity index is 1.33. The molecule has 5 amide bonds. The van der Waals surface area contributed by atoms with Crippen molar-refractivity contribution >= 4 is 52.5 Å². The molecule has 56 heavy (non-hydrogen) atoms. The van der Waals surface area contributed by atoms with E-state index < -0.39 is 59.7 Å². The van der Waals surface area contributed by atoms with Gasteiger partial charge < -0.3 is 36.1 Å². The molecule has 3 aromatic carbocycles. The number of carboxylic acid groups (broad SMARTS) is 1. The summed E-state index contributed by atoms with van der Waals surface area (Å²) in [5.74, 6) is -4.06. The summed E-state index contributed by atoms with van der Waals surface area (Å²) in [6, 6.07) is 25.5. The summed E-state index contributed by atoms with van der Waals surface area (Å²) in [5.41, 5.74) is 3.63. The van der Waals surface area contributed by atoms with Crippen molar-refractivity contribution in [1.82, 2.24) is 21.3 Å². The Labute approximate surface area is 326 Å². The minimum atomic E-state index is -1.37. The first-order chi connectivity index (χ1) is 27.1. The van der Waals surface area contributed by atoms with Gasteiger partial charge in [0.1, 0.15) is 29.9 Å². The maximum Gasteiger partial charge on any atom is 0.326 e. The van der Waals surface area contributed by atoms with Gasteiger partial charge in [-0.3, -0.25) is 24.0 Å². The predicted molar refractivity (Wildman–Crippen MR) is 209 cm³/mol. The standard InChI is InChI=1S/C42H41N5O8S/c48-37-18-19-38(49)44-35(25-32-9-5-21-56-32)41(52)45-33(22-26-10-14-29(15-11-26)28-6-2-1-3-7-28)39(50)46-34(24-31-8-4-20-55-31)40(51)47-36(42(53)54)23-27-12-16-30(43-37)17-13-27/h1-17,20-21,33-36H,18-19,22-25H2,(H,43,48)(H,44,49)(H,45,52)(H,46,50)(H,47,51)(H,53,54)/t33-,34+,35+,36+/m0/s1. The van der Waals surface area contributed by atoms with Crippen molar-refractivity contribution in [3.8, 4) is 11.1 Å². The fourth-order valence-corrected chi connectivity index (χ4v) is 7.03. The zero-order chi connectivity index (χ0) is 39.4. The Morgan fingerprint density at radius 2 is 1.29 bits per heavy atom. The first-order valence-corrected chi connectivity index (χ1v) is 19.0. The molecule has 0 saturated heterocycles. The number of anilines is 1. The largest absolute Gasteiger partial charge is 0.480 e. The van der Waals surface area contributed by atoms with Gasteiger partial charge in [0.15, 0.2) is 0 Å². The molecule has 2 aliphatic rings. The van der Waals surface area contributed by atoms with Crippen LogP contribution in [-0.2, 0) is 54.5 Å². The van der Waals surface area contributed by atoms with Crippen LogP contribution in [0, 0.1) is 0 Å². The summed E-state index contributed by atoms with van der Waals surface area (Å²) < 4.78 is 5.49. The van der Waals surface area contributed by atoms with Gasteiger partial charge in [0.05, 0.1) is 6.26 Å². The van der Waals surface area contributed by atoms with E-state index >= 15 is 0 Å². The van der Waals surface area contributed by atoms with E-state index in [0.29, 0.717) is 22.6 Å². The quantitative estimate of drug-likeness (QED) is 0.127. The van der Waals surface area contributed by atoms with Gasteiger partial charge in [0, 0.05) is 49.1 Å². The van der Waals surface area contributed by atoms with E-state index in [1.165, 1.54) is 17.6 Å². The second-order valence-corrected chi connectivity index (χ2v) is 14.5. The van der Waals surface area contributed by atoms with E-state index in [1.54, 1.807) is 36.4 Å². The van der Waals surface area contributed by atoms with Crippen LogP contribution >= 0.6 is 11.3 Å². The molecule has 6 N–H and O–H groups in total. The summed E-state index contributed by atoms with van der Waals surface area (Å²) in [6.07, 6.45) is 0.949. The SMILES string of the molecule is O=C1CCC(=O)N[C@H](Cc2cccs2)C(=O)N[C@@H](Cc2ccc(-c3ccccc3)cc2)C(=O)N[C@H](Cc2ccco2)C(=O)N[C@@H](C(=O)O)Cc2ccc(cc2)N1. The third-order valence-electron chi connectivity index (χ3n) is 9.26. The highest BCUT2D eigenvalue weighted by Crippen LogP contribution is 2.21. The first-order valence-electron chi connectivity index (χ1n) is 18.1. The number of nitrogens with one attached hydrogen (secondary N) is 5. The lowest BCUT2D eigenvalue weighted by Gasteiger charge is -2.26. The van der Waals surface area contributed by atoms with E-state index in [4.69, 9.17) is 4.42 Å². The van der Waals surface area contributed by atoms with E-state index in [2.05, 4.69) is 26.6 Å². The highest BCUT2D eigenvalue weighted by atomic mass is 32.1. The van der Waals surface area contributed by atoms with Crippen molar-refractivity contribution in [3.63, 3.8) is 0 Å². The molecule has 0 fully saturated rings. The number of hydrogen-bond donors (Lipinski definition) is 6. The van der Waals surface area contributed by atoms with Crippen LogP contribution in [0.15, 0.2) is 119 Å². The number of aliphatic carboxylic acids is 1. The highest BCUT2D eigenvalue weighted by molar-refractivity contribution is 7.09. The Morgan fingerprint density at radius 1 is 0.643 bits per heavy atom. The Kier molecular flexibility index (Phi) is 13.1. The van der Waals surface area contributed by atoms with E-state index in [-0.39, 0.29) is 38.5 Å². The van der Waals surface area contributed by atoms with Gasteiger partial charge in [0.2, 0.25) is 29.5 Å². The molecule has 0 radical (unpaired) electrons. The summed E-state index contributed by atoms with van der Waals surface area (Å²) in [6.45, 7) is 0. The molecule has 2 aromatic heterocycles. The van der Waals surface area contributed by atoms with Gasteiger partial charge in [-0.15, -0.1) is 11.3 Å². The van der Waals surface area contributed by atoms with E-state index in [9.17, 15) is 33.9 Å². The number of carboxylic acids is 1. The smallest absolute Gasteiger partial charge is 0.326 e. The molecule has 4 atom stereocenters. The van der Waals surface area contributed by atoms with Gasteiger partial charge in [0.25, 0.3) is 0 Å². The van der Waals surface area contributed by atoms with Crippen molar-refractivity contribution in [3.05, 3.63) is 137 Å². The monoisotopic (exact) mass is 775 g/mol. The van der Waals surface area contributed by atoms with Gasteiger partial charge in [-0.25, -0.2) is 4.79 Å². The number of thiophene rings is 1. The van der Waals surface area contributed by atoms with E-state index in [0.717, 1.165) is 16.0 Å². The zero-order valence-corrected chi connectivity index (χ0v) is 31.1. The fraction of sp³-hybridized carbons (Fsp3) is 0.238. The molecule has 4 heterocycles. The molecular formula is C42H41N5O8S. The Bertz CT molecular complexity index is 2120. The number of rotatable bonds is 8. The molecule has 7 rings (SSSR count). The van der Waals surface area contributed by atoms with Crippen molar-refractivity contribution in [2.45, 2.75) is 62.7 Å². The van der Waals surface area contributed by atoms with Crippen LogP contribution < -0.4 is 26.6 Å².